The molecular weight excluding hydrogens is 290 g/mol. The fraction of sp³-hybridized carbons (Fsp3) is 0.625. The Labute approximate surface area is 132 Å². The predicted molar refractivity (Wildman–Crippen MR) is 86.4 cm³/mol. The van der Waals surface area contributed by atoms with Gasteiger partial charge in [-0.15, -0.1) is 0 Å². The monoisotopic (exact) mass is 315 g/mol. The van der Waals surface area contributed by atoms with Crippen molar-refractivity contribution in [3.8, 4) is 11.5 Å². The highest BCUT2D eigenvalue weighted by molar-refractivity contribution is 6.31. The third kappa shape index (κ3) is 6.55. The summed E-state index contributed by atoms with van der Waals surface area (Å²) in [4.78, 5) is 0. The molecule has 0 atom stereocenters. The van der Waals surface area contributed by atoms with Crippen LogP contribution in [0.15, 0.2) is 12.1 Å². The molecule has 0 amide bonds. The molecule has 0 heterocycles. The maximum absolute atomic E-state index is 8.75. The van der Waals surface area contributed by atoms with Crippen LogP contribution in [0.2, 0.25) is 5.02 Å². The van der Waals surface area contributed by atoms with E-state index in [-0.39, 0.29) is 12.7 Å². The Morgan fingerprint density at radius 1 is 1.24 bits per heavy atom. The average Bonchev–Trinajstić information content (AvgIpc) is 2.42. The van der Waals surface area contributed by atoms with Crippen molar-refractivity contribution in [2.45, 2.75) is 46.3 Å². The summed E-state index contributed by atoms with van der Waals surface area (Å²) in [6.07, 6.45) is 1.83. The number of benzene rings is 1. The van der Waals surface area contributed by atoms with E-state index in [2.05, 4.69) is 5.32 Å². The van der Waals surface area contributed by atoms with Crippen molar-refractivity contribution in [1.82, 2.24) is 5.32 Å². The van der Waals surface area contributed by atoms with Crippen molar-refractivity contribution < 1.29 is 14.6 Å². The standard InChI is InChI=1S/C16H26ClNO3/c1-4-20-15-9-13(11-18-7-5-6-8-19)14(17)10-16(15)21-12(2)3/h9-10,12,18-19H,4-8,11H2,1-3H3. The topological polar surface area (TPSA) is 50.7 Å². The summed E-state index contributed by atoms with van der Waals surface area (Å²) in [7, 11) is 0. The van der Waals surface area contributed by atoms with Gasteiger partial charge in [0.2, 0.25) is 0 Å². The molecular formula is C16H26ClNO3. The Bertz CT molecular complexity index is 424. The van der Waals surface area contributed by atoms with Gasteiger partial charge in [-0.2, -0.15) is 0 Å². The molecule has 0 aliphatic rings. The number of unbranched alkanes of at least 4 members (excludes halogenated alkanes) is 1. The molecule has 1 aromatic carbocycles. The lowest BCUT2D eigenvalue weighted by Gasteiger charge is -2.17. The van der Waals surface area contributed by atoms with Gasteiger partial charge in [-0.05, 0) is 51.8 Å². The van der Waals surface area contributed by atoms with Crippen LogP contribution in [0, 0.1) is 0 Å². The molecule has 0 unspecified atom stereocenters. The van der Waals surface area contributed by atoms with Crippen LogP contribution in [-0.2, 0) is 6.54 Å². The lowest BCUT2D eigenvalue weighted by molar-refractivity contribution is 0.223. The summed E-state index contributed by atoms with van der Waals surface area (Å²) in [5, 5.41) is 12.7. The molecule has 0 aromatic heterocycles. The molecule has 0 aliphatic heterocycles. The summed E-state index contributed by atoms with van der Waals surface area (Å²) >= 11 is 6.31. The van der Waals surface area contributed by atoms with Gasteiger partial charge in [-0.3, -0.25) is 0 Å². The molecule has 0 saturated carbocycles. The second-order valence-corrected chi connectivity index (χ2v) is 5.50. The van der Waals surface area contributed by atoms with E-state index < -0.39 is 0 Å². The maximum atomic E-state index is 8.75. The number of hydrogen-bond donors (Lipinski definition) is 2. The van der Waals surface area contributed by atoms with Crippen LogP contribution in [0.4, 0.5) is 0 Å². The van der Waals surface area contributed by atoms with Crippen LogP contribution in [0.1, 0.15) is 39.2 Å². The highest BCUT2D eigenvalue weighted by Gasteiger charge is 2.12. The summed E-state index contributed by atoms with van der Waals surface area (Å²) in [5.41, 5.74) is 0.986. The first kappa shape index (κ1) is 18.1. The van der Waals surface area contributed by atoms with Gasteiger partial charge in [0, 0.05) is 24.2 Å². The van der Waals surface area contributed by atoms with Crippen LogP contribution in [-0.4, -0.2) is 31.0 Å². The summed E-state index contributed by atoms with van der Waals surface area (Å²) in [6.45, 7) is 8.23. The highest BCUT2D eigenvalue weighted by Crippen LogP contribution is 2.34. The molecule has 0 saturated heterocycles. The number of rotatable bonds is 10. The zero-order chi connectivity index (χ0) is 15.7. The van der Waals surface area contributed by atoms with E-state index in [1.165, 1.54) is 0 Å². The Morgan fingerprint density at radius 2 is 2.00 bits per heavy atom. The smallest absolute Gasteiger partial charge is 0.163 e. The molecule has 0 bridgehead atoms. The van der Waals surface area contributed by atoms with Crippen LogP contribution in [0.5, 0.6) is 11.5 Å². The number of aliphatic hydroxyl groups excluding tert-OH is 1. The maximum Gasteiger partial charge on any atom is 0.163 e. The van der Waals surface area contributed by atoms with Crippen molar-refractivity contribution in [3.05, 3.63) is 22.7 Å². The molecule has 0 aliphatic carbocycles. The number of aliphatic hydroxyl groups is 1. The lowest BCUT2D eigenvalue weighted by Crippen LogP contribution is -2.15. The highest BCUT2D eigenvalue weighted by atomic mass is 35.5. The fourth-order valence-electron chi connectivity index (χ4n) is 1.91. The largest absolute Gasteiger partial charge is 0.490 e. The SMILES string of the molecule is CCOc1cc(CNCCCCO)c(Cl)cc1OC(C)C. The zero-order valence-corrected chi connectivity index (χ0v) is 13.9. The Balaban J connectivity index is 2.73. The average molecular weight is 316 g/mol. The van der Waals surface area contributed by atoms with Crippen LogP contribution in [0.3, 0.4) is 0 Å². The van der Waals surface area contributed by atoms with E-state index in [9.17, 15) is 0 Å². The van der Waals surface area contributed by atoms with Gasteiger partial charge < -0.3 is 19.9 Å². The molecule has 120 valence electrons. The van der Waals surface area contributed by atoms with Gasteiger partial charge in [0.25, 0.3) is 0 Å². The van der Waals surface area contributed by atoms with Crippen molar-refractivity contribution in [3.63, 3.8) is 0 Å². The predicted octanol–water partition coefficient (Wildman–Crippen LogP) is 3.39. The van der Waals surface area contributed by atoms with E-state index in [1.54, 1.807) is 0 Å². The Kier molecular flexibility index (Phi) is 8.50. The van der Waals surface area contributed by atoms with Crippen molar-refractivity contribution in [2.75, 3.05) is 19.8 Å². The first-order valence-corrected chi connectivity index (χ1v) is 7.89. The van der Waals surface area contributed by atoms with Gasteiger partial charge in [-0.1, -0.05) is 11.6 Å². The van der Waals surface area contributed by atoms with Gasteiger partial charge in [-0.25, -0.2) is 0 Å². The molecule has 0 radical (unpaired) electrons. The van der Waals surface area contributed by atoms with Crippen LogP contribution >= 0.6 is 11.6 Å². The van der Waals surface area contributed by atoms with Crippen molar-refractivity contribution >= 4 is 11.6 Å². The number of ether oxygens (including phenoxy) is 2. The van der Waals surface area contributed by atoms with E-state index in [1.807, 2.05) is 32.9 Å². The summed E-state index contributed by atoms with van der Waals surface area (Å²) < 4.78 is 11.4. The van der Waals surface area contributed by atoms with Gasteiger partial charge in [0.05, 0.1) is 12.7 Å². The third-order valence-electron chi connectivity index (χ3n) is 2.85. The van der Waals surface area contributed by atoms with E-state index >= 15 is 0 Å². The van der Waals surface area contributed by atoms with Gasteiger partial charge in [0.1, 0.15) is 0 Å². The normalized spacial score (nSPS) is 11.0. The molecule has 4 nitrogen and oxygen atoms in total. The van der Waals surface area contributed by atoms with Gasteiger partial charge in [0.15, 0.2) is 11.5 Å². The number of nitrogens with one attached hydrogen (secondary N) is 1. The van der Waals surface area contributed by atoms with Crippen molar-refractivity contribution in [2.24, 2.45) is 0 Å². The molecule has 1 rings (SSSR count). The summed E-state index contributed by atoms with van der Waals surface area (Å²) in [6, 6.07) is 3.75. The van der Waals surface area contributed by atoms with Crippen molar-refractivity contribution in [1.29, 1.82) is 0 Å². The van der Waals surface area contributed by atoms with E-state index in [4.69, 9.17) is 26.2 Å². The lowest BCUT2D eigenvalue weighted by atomic mass is 10.2. The summed E-state index contributed by atoms with van der Waals surface area (Å²) in [5.74, 6) is 1.41. The quantitative estimate of drug-likeness (QED) is 0.650. The Hall–Kier alpha value is -0.970. The van der Waals surface area contributed by atoms with Gasteiger partial charge >= 0.3 is 0 Å². The minimum absolute atomic E-state index is 0.0720. The minimum atomic E-state index is 0.0720. The zero-order valence-electron chi connectivity index (χ0n) is 13.1. The number of hydrogen-bond acceptors (Lipinski definition) is 4. The number of halogens is 1. The minimum Gasteiger partial charge on any atom is -0.490 e. The molecule has 21 heavy (non-hydrogen) atoms. The molecule has 0 fully saturated rings. The second kappa shape index (κ2) is 9.87. The van der Waals surface area contributed by atoms with E-state index in [0.29, 0.717) is 23.9 Å². The fourth-order valence-corrected chi connectivity index (χ4v) is 2.13. The second-order valence-electron chi connectivity index (χ2n) is 5.10. The molecule has 2 N–H and O–H groups in total. The Morgan fingerprint density at radius 3 is 2.62 bits per heavy atom. The molecule has 5 heteroatoms. The molecule has 0 spiro atoms. The van der Waals surface area contributed by atoms with Crippen LogP contribution < -0.4 is 14.8 Å². The molecule has 1 aromatic rings. The first-order valence-electron chi connectivity index (χ1n) is 7.52. The third-order valence-corrected chi connectivity index (χ3v) is 3.20. The van der Waals surface area contributed by atoms with Crippen LogP contribution in [0.25, 0.3) is 0 Å². The van der Waals surface area contributed by atoms with E-state index in [0.717, 1.165) is 30.7 Å². The first-order chi connectivity index (χ1) is 10.1.